The molecular formula is C18H17N5O4S. The van der Waals surface area contributed by atoms with Gasteiger partial charge >= 0.3 is 0 Å². The first-order valence-electron chi connectivity index (χ1n) is 8.58. The third-order valence-electron chi connectivity index (χ3n) is 4.90. The summed E-state index contributed by atoms with van der Waals surface area (Å²) >= 11 is 0. The molecule has 1 aliphatic rings. The normalized spacial score (nSPS) is 15.0. The lowest BCUT2D eigenvalue weighted by atomic mass is 10.2. The lowest BCUT2D eigenvalue weighted by Gasteiger charge is -2.20. The van der Waals surface area contributed by atoms with Gasteiger partial charge in [-0.1, -0.05) is 0 Å². The van der Waals surface area contributed by atoms with Crippen LogP contribution in [0.15, 0.2) is 40.3 Å². The second-order valence-electron chi connectivity index (χ2n) is 6.32. The van der Waals surface area contributed by atoms with Crippen LogP contribution in [-0.4, -0.2) is 47.5 Å². The number of fused-ring (bicyclic) bond motifs is 3. The smallest absolute Gasteiger partial charge is 0.273 e. The van der Waals surface area contributed by atoms with E-state index in [9.17, 15) is 13.2 Å². The molecule has 0 aliphatic carbocycles. The fourth-order valence-electron chi connectivity index (χ4n) is 3.52. The van der Waals surface area contributed by atoms with Gasteiger partial charge in [0.1, 0.15) is 16.8 Å². The highest BCUT2D eigenvalue weighted by Crippen LogP contribution is 2.33. The van der Waals surface area contributed by atoms with Gasteiger partial charge in [-0.25, -0.2) is 18.2 Å². The van der Waals surface area contributed by atoms with Gasteiger partial charge in [0.25, 0.3) is 5.56 Å². The zero-order chi connectivity index (χ0) is 19.9. The minimum Gasteiger partial charge on any atom is -0.497 e. The minimum absolute atomic E-state index is 0.176. The van der Waals surface area contributed by atoms with E-state index in [1.54, 1.807) is 16.7 Å². The largest absolute Gasteiger partial charge is 0.497 e. The molecule has 4 rings (SSSR count). The first kappa shape index (κ1) is 18.2. The van der Waals surface area contributed by atoms with Gasteiger partial charge in [0.2, 0.25) is 15.7 Å². The number of ether oxygens (including phenoxy) is 1. The van der Waals surface area contributed by atoms with Gasteiger partial charge in [0.05, 0.1) is 24.9 Å². The van der Waals surface area contributed by atoms with E-state index < -0.39 is 10.0 Å². The molecule has 9 nitrogen and oxygen atoms in total. The monoisotopic (exact) mass is 399 g/mol. The van der Waals surface area contributed by atoms with E-state index in [2.05, 4.69) is 14.8 Å². The summed E-state index contributed by atoms with van der Waals surface area (Å²) in [4.78, 5) is 22.7. The summed E-state index contributed by atoms with van der Waals surface area (Å²) in [6.45, 7) is 8.16. The number of benzene rings is 1. The molecule has 10 heteroatoms. The Balaban J connectivity index is 1.72. The highest BCUT2D eigenvalue weighted by Gasteiger charge is 2.30. The highest BCUT2D eigenvalue weighted by atomic mass is 32.2. The first-order valence-corrected chi connectivity index (χ1v) is 10.0. The number of methoxy groups -OCH3 is 1. The van der Waals surface area contributed by atoms with Gasteiger partial charge in [-0.15, -0.1) is 0 Å². The summed E-state index contributed by atoms with van der Waals surface area (Å²) in [5, 5.41) is 0. The molecule has 2 aromatic heterocycles. The molecule has 28 heavy (non-hydrogen) atoms. The molecule has 0 radical (unpaired) electrons. The first-order chi connectivity index (χ1) is 13.5. The van der Waals surface area contributed by atoms with Gasteiger partial charge < -0.3 is 14.3 Å². The summed E-state index contributed by atoms with van der Waals surface area (Å²) in [7, 11) is -2.19. The lowest BCUT2D eigenvalue weighted by Crippen LogP contribution is -2.33. The van der Waals surface area contributed by atoms with Crippen molar-refractivity contribution in [2.24, 2.45) is 0 Å². The number of nitrogens with one attached hydrogen (secondary N) is 1. The van der Waals surface area contributed by atoms with Crippen LogP contribution in [0.5, 0.6) is 5.75 Å². The van der Waals surface area contributed by atoms with E-state index in [-0.39, 0.29) is 30.1 Å². The van der Waals surface area contributed by atoms with E-state index >= 15 is 0 Å². The number of hydrogen-bond acceptors (Lipinski definition) is 5. The van der Waals surface area contributed by atoms with Gasteiger partial charge in [-0.2, -0.15) is 4.31 Å². The van der Waals surface area contributed by atoms with Crippen molar-refractivity contribution in [3.05, 3.63) is 58.1 Å². The molecule has 0 unspecified atom stereocenters. The van der Waals surface area contributed by atoms with Crippen LogP contribution in [0.4, 0.5) is 5.69 Å². The maximum atomic E-state index is 13.0. The Kier molecular flexibility index (Phi) is 4.41. The van der Waals surface area contributed by atoms with E-state index in [1.165, 1.54) is 29.9 Å². The molecule has 0 saturated heterocycles. The summed E-state index contributed by atoms with van der Waals surface area (Å²) < 4.78 is 34.2. The predicted molar refractivity (Wildman–Crippen MR) is 102 cm³/mol. The molecule has 144 valence electrons. The molecule has 0 saturated carbocycles. The second-order valence-corrected chi connectivity index (χ2v) is 8.26. The van der Waals surface area contributed by atoms with Crippen LogP contribution >= 0.6 is 0 Å². The maximum absolute atomic E-state index is 13.0. The Morgan fingerprint density at radius 3 is 2.64 bits per heavy atom. The fraction of sp³-hybridized carbons (Fsp3) is 0.278. The summed E-state index contributed by atoms with van der Waals surface area (Å²) in [5.41, 5.74) is 1.28. The van der Waals surface area contributed by atoms with Crippen LogP contribution in [0.2, 0.25) is 0 Å². The van der Waals surface area contributed by atoms with Gasteiger partial charge in [0.15, 0.2) is 0 Å². The molecule has 1 aromatic carbocycles. The fourth-order valence-corrected chi connectivity index (χ4v) is 4.96. The molecule has 3 aromatic rings. The van der Waals surface area contributed by atoms with Crippen molar-refractivity contribution in [3.63, 3.8) is 0 Å². The molecular weight excluding hydrogens is 382 g/mol. The molecule has 1 aliphatic heterocycles. The van der Waals surface area contributed by atoms with Crippen LogP contribution in [-0.2, 0) is 23.0 Å². The topological polar surface area (TPSA) is 102 Å². The molecule has 0 bridgehead atoms. The molecule has 0 atom stereocenters. The van der Waals surface area contributed by atoms with E-state index in [0.717, 1.165) is 0 Å². The number of aromatic nitrogens is 3. The zero-order valence-corrected chi connectivity index (χ0v) is 15.9. The zero-order valence-electron chi connectivity index (χ0n) is 15.0. The van der Waals surface area contributed by atoms with Crippen LogP contribution in [0.25, 0.3) is 15.9 Å². The van der Waals surface area contributed by atoms with Crippen LogP contribution in [0.3, 0.4) is 0 Å². The van der Waals surface area contributed by atoms with Crippen molar-refractivity contribution in [2.75, 3.05) is 20.2 Å². The van der Waals surface area contributed by atoms with E-state index in [0.29, 0.717) is 34.6 Å². The Hall–Kier alpha value is -3.16. The average Bonchev–Trinajstić information content (AvgIpc) is 2.85. The SMILES string of the molecule is [C-]#[N+]c1c2n(c3c(=O)[nH]cnc13)CCN(S(=O)(=O)c1ccc(OC)cc1)CC2. The van der Waals surface area contributed by atoms with Crippen molar-refractivity contribution < 1.29 is 13.2 Å². The lowest BCUT2D eigenvalue weighted by molar-refractivity contribution is 0.412. The highest BCUT2D eigenvalue weighted by molar-refractivity contribution is 7.89. The maximum Gasteiger partial charge on any atom is 0.273 e. The number of nitrogens with zero attached hydrogens (tertiary/aromatic N) is 4. The number of aromatic amines is 1. The third kappa shape index (κ3) is 2.76. The summed E-state index contributed by atoms with van der Waals surface area (Å²) in [5.74, 6) is 0.575. The second kappa shape index (κ2) is 6.78. The third-order valence-corrected chi connectivity index (χ3v) is 6.81. The van der Waals surface area contributed by atoms with Gasteiger partial charge in [-0.05, 0) is 30.7 Å². The predicted octanol–water partition coefficient (Wildman–Crippen LogP) is 1.53. The number of sulfonamides is 1. The molecule has 3 heterocycles. The van der Waals surface area contributed by atoms with Crippen molar-refractivity contribution in [3.8, 4) is 5.75 Å². The summed E-state index contributed by atoms with van der Waals surface area (Å²) in [6.07, 6.45) is 1.60. The quantitative estimate of drug-likeness (QED) is 0.673. The Morgan fingerprint density at radius 2 is 1.96 bits per heavy atom. The summed E-state index contributed by atoms with van der Waals surface area (Å²) in [6, 6.07) is 6.22. The van der Waals surface area contributed by atoms with Crippen molar-refractivity contribution in [1.82, 2.24) is 18.8 Å². The molecule has 0 fully saturated rings. The van der Waals surface area contributed by atoms with Crippen LogP contribution in [0, 0.1) is 6.57 Å². The molecule has 1 N–H and O–H groups in total. The number of rotatable bonds is 3. The average molecular weight is 399 g/mol. The van der Waals surface area contributed by atoms with E-state index in [4.69, 9.17) is 11.3 Å². The minimum atomic E-state index is -3.70. The van der Waals surface area contributed by atoms with Crippen molar-refractivity contribution in [1.29, 1.82) is 0 Å². The number of H-pyrrole nitrogens is 1. The van der Waals surface area contributed by atoms with Crippen LogP contribution in [0.1, 0.15) is 5.69 Å². The van der Waals surface area contributed by atoms with Crippen LogP contribution < -0.4 is 10.3 Å². The Labute approximate surface area is 161 Å². The van der Waals surface area contributed by atoms with Crippen molar-refractivity contribution in [2.45, 2.75) is 17.9 Å². The van der Waals surface area contributed by atoms with Gasteiger partial charge in [-0.3, -0.25) is 4.79 Å². The van der Waals surface area contributed by atoms with Gasteiger partial charge in [0, 0.05) is 25.3 Å². The standard InChI is InChI=1S/C18H17N5O4S/c1-19-15-14-7-8-22(28(25,26)13-5-3-12(27-2)4-6-13)9-10-23(14)17-16(15)20-11-21-18(17)24/h3-6,11H,7-10H2,2H3,(H,20,21,24). The Bertz CT molecular complexity index is 1250. The molecule has 0 spiro atoms. The van der Waals surface area contributed by atoms with E-state index in [1.807, 2.05) is 0 Å². The van der Waals surface area contributed by atoms with Crippen molar-refractivity contribution >= 4 is 26.7 Å². The Morgan fingerprint density at radius 1 is 1.21 bits per heavy atom. The number of hydrogen-bond donors (Lipinski definition) is 1. The molecule has 0 amide bonds.